The number of hydrogen-bond donors (Lipinski definition) is 1. The minimum Gasteiger partial charge on any atom is -0.321 e. The Labute approximate surface area is 108 Å². The number of hydrogen-bond acceptors (Lipinski definition) is 1. The van der Waals surface area contributed by atoms with E-state index < -0.39 is 5.54 Å². The van der Waals surface area contributed by atoms with E-state index in [-0.39, 0.29) is 5.82 Å². The second-order valence-corrected chi connectivity index (χ2v) is 5.64. The highest BCUT2D eigenvalue weighted by atomic mass is 79.9. The van der Waals surface area contributed by atoms with Gasteiger partial charge in [-0.25, -0.2) is 4.39 Å². The molecule has 0 aliphatic heterocycles. The molecule has 0 aromatic heterocycles. The summed E-state index contributed by atoms with van der Waals surface area (Å²) in [4.78, 5) is 0. The van der Waals surface area contributed by atoms with Crippen molar-refractivity contribution < 1.29 is 4.39 Å². The molecule has 0 atom stereocenters. The number of benzene rings is 1. The van der Waals surface area contributed by atoms with Gasteiger partial charge in [0.2, 0.25) is 0 Å². The number of rotatable bonds is 1. The van der Waals surface area contributed by atoms with Gasteiger partial charge in [-0.05, 0) is 40.9 Å². The van der Waals surface area contributed by atoms with Crippen molar-refractivity contribution in [1.82, 2.24) is 0 Å². The summed E-state index contributed by atoms with van der Waals surface area (Å²) in [5.41, 5.74) is 6.30. The molecule has 0 radical (unpaired) electrons. The molecule has 16 heavy (non-hydrogen) atoms. The van der Waals surface area contributed by atoms with Crippen molar-refractivity contribution in [3.8, 4) is 0 Å². The molecule has 0 saturated heterocycles. The predicted octanol–water partition coefficient (Wildman–Crippen LogP) is 4.36. The Morgan fingerprint density at radius 1 is 1.25 bits per heavy atom. The van der Waals surface area contributed by atoms with Crippen molar-refractivity contribution in [2.75, 3.05) is 0 Å². The molecule has 0 spiro atoms. The third-order valence-electron chi connectivity index (χ3n) is 3.29. The van der Waals surface area contributed by atoms with Crippen LogP contribution in [-0.4, -0.2) is 0 Å². The van der Waals surface area contributed by atoms with Crippen molar-refractivity contribution in [1.29, 1.82) is 0 Å². The zero-order chi connectivity index (χ0) is 11.8. The Bertz CT molecular complexity index is 402. The summed E-state index contributed by atoms with van der Waals surface area (Å²) in [7, 11) is 0. The maximum atomic E-state index is 13.9. The van der Waals surface area contributed by atoms with E-state index in [9.17, 15) is 4.39 Å². The summed E-state index contributed by atoms with van der Waals surface area (Å²) in [6, 6.07) is 2.95. The Morgan fingerprint density at radius 3 is 2.50 bits per heavy atom. The summed E-state index contributed by atoms with van der Waals surface area (Å²) in [6.07, 6.45) is 4.92. The molecule has 1 aliphatic carbocycles. The van der Waals surface area contributed by atoms with Crippen LogP contribution in [0, 0.1) is 5.82 Å². The minimum atomic E-state index is -0.563. The van der Waals surface area contributed by atoms with Crippen molar-refractivity contribution in [2.24, 2.45) is 5.73 Å². The van der Waals surface area contributed by atoms with Crippen LogP contribution in [0.3, 0.4) is 0 Å². The van der Waals surface area contributed by atoms with E-state index in [0.717, 1.165) is 25.7 Å². The standard InChI is InChI=1S/C12H14BrClFN/c13-11-8(14)4-5-9(15)10(11)12(16)6-2-1-3-7-12/h4-5H,1-3,6-7,16H2. The zero-order valence-electron chi connectivity index (χ0n) is 8.90. The van der Waals surface area contributed by atoms with Crippen molar-refractivity contribution >= 4 is 27.5 Å². The lowest BCUT2D eigenvalue weighted by molar-refractivity contribution is 0.291. The molecule has 0 amide bonds. The van der Waals surface area contributed by atoms with E-state index in [4.69, 9.17) is 17.3 Å². The summed E-state index contributed by atoms with van der Waals surface area (Å²) in [6.45, 7) is 0. The van der Waals surface area contributed by atoms with Crippen LogP contribution in [0.25, 0.3) is 0 Å². The van der Waals surface area contributed by atoms with Gasteiger partial charge in [0.05, 0.1) is 5.02 Å². The molecule has 4 heteroatoms. The van der Waals surface area contributed by atoms with E-state index in [1.807, 2.05) is 0 Å². The van der Waals surface area contributed by atoms with Crippen LogP contribution < -0.4 is 5.73 Å². The highest BCUT2D eigenvalue weighted by molar-refractivity contribution is 9.10. The maximum Gasteiger partial charge on any atom is 0.129 e. The lowest BCUT2D eigenvalue weighted by atomic mass is 9.77. The third kappa shape index (κ3) is 2.13. The molecule has 1 nitrogen and oxygen atoms in total. The van der Waals surface area contributed by atoms with Crippen molar-refractivity contribution in [2.45, 2.75) is 37.6 Å². The molecule has 88 valence electrons. The van der Waals surface area contributed by atoms with Crippen LogP contribution in [0.2, 0.25) is 5.02 Å². The van der Waals surface area contributed by atoms with E-state index in [2.05, 4.69) is 15.9 Å². The van der Waals surface area contributed by atoms with E-state index in [0.29, 0.717) is 15.1 Å². The molecular formula is C12H14BrClFN. The lowest BCUT2D eigenvalue weighted by Gasteiger charge is -2.35. The topological polar surface area (TPSA) is 26.0 Å². The van der Waals surface area contributed by atoms with Crippen LogP contribution in [0.5, 0.6) is 0 Å². The molecular weight excluding hydrogens is 292 g/mol. The second-order valence-electron chi connectivity index (χ2n) is 4.43. The monoisotopic (exact) mass is 305 g/mol. The number of halogens is 3. The Kier molecular flexibility index (Phi) is 3.57. The summed E-state index contributed by atoms with van der Waals surface area (Å²) in [5, 5.41) is 0.520. The first-order chi connectivity index (χ1) is 7.54. The van der Waals surface area contributed by atoms with Crippen LogP contribution in [0.1, 0.15) is 37.7 Å². The fourth-order valence-corrected chi connectivity index (χ4v) is 3.29. The van der Waals surface area contributed by atoms with Crippen molar-refractivity contribution in [3.63, 3.8) is 0 Å². The molecule has 1 aromatic rings. The van der Waals surface area contributed by atoms with Crippen LogP contribution in [0.4, 0.5) is 4.39 Å². The molecule has 1 aromatic carbocycles. The van der Waals surface area contributed by atoms with Gasteiger partial charge in [-0.3, -0.25) is 0 Å². The summed E-state index contributed by atoms with van der Waals surface area (Å²) >= 11 is 9.35. The van der Waals surface area contributed by atoms with Gasteiger partial charge in [-0.2, -0.15) is 0 Å². The molecule has 2 N–H and O–H groups in total. The number of nitrogens with two attached hydrogens (primary N) is 1. The van der Waals surface area contributed by atoms with Gasteiger partial charge in [-0.15, -0.1) is 0 Å². The van der Waals surface area contributed by atoms with Gasteiger partial charge in [0.1, 0.15) is 5.82 Å². The maximum absolute atomic E-state index is 13.9. The Hall–Kier alpha value is -0.120. The van der Waals surface area contributed by atoms with Gasteiger partial charge in [0.15, 0.2) is 0 Å². The first-order valence-corrected chi connectivity index (χ1v) is 6.64. The highest BCUT2D eigenvalue weighted by Crippen LogP contribution is 2.41. The summed E-state index contributed by atoms with van der Waals surface area (Å²) in [5.74, 6) is -0.263. The van der Waals surface area contributed by atoms with Crippen molar-refractivity contribution in [3.05, 3.63) is 33.0 Å². The van der Waals surface area contributed by atoms with E-state index in [1.54, 1.807) is 6.07 Å². The third-order valence-corrected chi connectivity index (χ3v) is 4.65. The van der Waals surface area contributed by atoms with Gasteiger partial charge in [0, 0.05) is 15.6 Å². The SMILES string of the molecule is NC1(c2c(F)ccc(Cl)c2Br)CCCCC1. The molecule has 0 heterocycles. The first kappa shape index (κ1) is 12.3. The Morgan fingerprint density at radius 2 is 1.88 bits per heavy atom. The molecule has 0 bridgehead atoms. The normalized spacial score (nSPS) is 19.8. The average molecular weight is 307 g/mol. The molecule has 1 aliphatic rings. The highest BCUT2D eigenvalue weighted by Gasteiger charge is 2.34. The fraction of sp³-hybridized carbons (Fsp3) is 0.500. The molecule has 1 fully saturated rings. The largest absolute Gasteiger partial charge is 0.321 e. The molecule has 2 rings (SSSR count). The van der Waals surface area contributed by atoms with E-state index >= 15 is 0 Å². The first-order valence-electron chi connectivity index (χ1n) is 5.47. The smallest absolute Gasteiger partial charge is 0.129 e. The second kappa shape index (κ2) is 4.63. The van der Waals surface area contributed by atoms with Gasteiger partial charge >= 0.3 is 0 Å². The lowest BCUT2D eigenvalue weighted by Crippen LogP contribution is -2.39. The van der Waals surface area contributed by atoms with E-state index in [1.165, 1.54) is 12.5 Å². The van der Waals surface area contributed by atoms with Crippen LogP contribution in [0.15, 0.2) is 16.6 Å². The average Bonchev–Trinajstić information content (AvgIpc) is 2.25. The van der Waals surface area contributed by atoms with Gasteiger partial charge < -0.3 is 5.73 Å². The van der Waals surface area contributed by atoms with Gasteiger partial charge in [-0.1, -0.05) is 30.9 Å². The zero-order valence-corrected chi connectivity index (χ0v) is 11.2. The minimum absolute atomic E-state index is 0.263. The molecule has 0 unspecified atom stereocenters. The predicted molar refractivity (Wildman–Crippen MR) is 68.1 cm³/mol. The van der Waals surface area contributed by atoms with Crippen LogP contribution >= 0.6 is 27.5 Å². The Balaban J connectivity index is 2.49. The quantitative estimate of drug-likeness (QED) is 0.767. The summed E-state index contributed by atoms with van der Waals surface area (Å²) < 4.78 is 14.5. The molecule has 1 saturated carbocycles. The fourth-order valence-electron chi connectivity index (χ4n) is 2.42. The van der Waals surface area contributed by atoms with Gasteiger partial charge in [0.25, 0.3) is 0 Å². The van der Waals surface area contributed by atoms with Crippen LogP contribution in [-0.2, 0) is 5.54 Å².